The maximum absolute atomic E-state index is 12.2. The molecule has 0 aromatic heterocycles. The molecule has 0 spiro atoms. The van der Waals surface area contributed by atoms with Crippen molar-refractivity contribution in [2.45, 2.75) is 69.1 Å². The summed E-state index contributed by atoms with van der Waals surface area (Å²) in [6.07, 6.45) is 7.50. The molecule has 0 bridgehead atoms. The minimum absolute atomic E-state index is 0. The van der Waals surface area contributed by atoms with E-state index in [0.29, 0.717) is 32.2 Å². The molecular formula is C16H32ClN5O3S. The monoisotopic (exact) mass is 409 g/mol. The summed E-state index contributed by atoms with van der Waals surface area (Å²) >= 11 is 0. The summed E-state index contributed by atoms with van der Waals surface area (Å²) in [4.78, 5) is 17.9. The van der Waals surface area contributed by atoms with Gasteiger partial charge in [-0.25, -0.2) is 8.42 Å². The maximum atomic E-state index is 12.2. The number of nitrogens with two attached hydrogens (primary N) is 2. The Morgan fingerprint density at radius 1 is 1.15 bits per heavy atom. The Hall–Kier alpha value is -1.06. The molecule has 1 atom stereocenters. The predicted molar refractivity (Wildman–Crippen MR) is 106 cm³/mol. The Morgan fingerprint density at radius 2 is 1.77 bits per heavy atom. The molecule has 0 radical (unpaired) electrons. The molecule has 10 heteroatoms. The van der Waals surface area contributed by atoms with E-state index < -0.39 is 16.1 Å². The van der Waals surface area contributed by atoms with Crippen LogP contribution in [0.4, 0.5) is 0 Å². The number of guanidine groups is 1. The third-order valence-corrected chi connectivity index (χ3v) is 6.77. The number of hydrogen-bond donors (Lipinski definition) is 3. The van der Waals surface area contributed by atoms with Gasteiger partial charge in [0.25, 0.3) is 0 Å². The van der Waals surface area contributed by atoms with Gasteiger partial charge in [-0.3, -0.25) is 14.5 Å². The second-order valence-corrected chi connectivity index (χ2v) is 8.92. The van der Waals surface area contributed by atoms with Gasteiger partial charge in [-0.1, -0.05) is 19.3 Å². The summed E-state index contributed by atoms with van der Waals surface area (Å²) in [6.45, 7) is 1.93. The van der Waals surface area contributed by atoms with Crippen molar-refractivity contribution >= 4 is 34.3 Å². The Bertz CT molecular complexity index is 572. The highest BCUT2D eigenvalue weighted by Crippen LogP contribution is 2.22. The average molecular weight is 410 g/mol. The van der Waals surface area contributed by atoms with Crippen LogP contribution in [-0.4, -0.2) is 56.1 Å². The molecule has 2 rings (SSSR count). The van der Waals surface area contributed by atoms with Gasteiger partial charge in [-0.05, 0) is 38.5 Å². The molecule has 8 nitrogen and oxygen atoms in total. The van der Waals surface area contributed by atoms with Crippen LogP contribution in [0.15, 0.2) is 4.99 Å². The Labute approximate surface area is 162 Å². The van der Waals surface area contributed by atoms with E-state index in [1.165, 1.54) is 0 Å². The average Bonchev–Trinajstić information content (AvgIpc) is 3.13. The van der Waals surface area contributed by atoms with E-state index >= 15 is 0 Å². The van der Waals surface area contributed by atoms with E-state index in [-0.39, 0.29) is 29.5 Å². The van der Waals surface area contributed by atoms with Crippen molar-refractivity contribution < 1.29 is 13.2 Å². The minimum atomic E-state index is -3.45. The molecule has 1 aliphatic heterocycles. The summed E-state index contributed by atoms with van der Waals surface area (Å²) in [5, 5.41) is -0.374. The molecular weight excluding hydrogens is 378 g/mol. The number of rotatable bonds is 7. The molecule has 1 saturated heterocycles. The van der Waals surface area contributed by atoms with Crippen LogP contribution >= 0.6 is 12.4 Å². The zero-order chi connectivity index (χ0) is 18.3. The summed E-state index contributed by atoms with van der Waals surface area (Å²) in [5.74, 6) is -0.0857. The van der Waals surface area contributed by atoms with Crippen molar-refractivity contribution in [3.63, 3.8) is 0 Å². The molecule has 1 heterocycles. The Balaban J connectivity index is 0.00000338. The van der Waals surface area contributed by atoms with E-state index in [4.69, 9.17) is 11.5 Å². The number of carbonyl (C=O) groups excluding carboxylic acids is 1. The van der Waals surface area contributed by atoms with Crippen molar-refractivity contribution in [3.8, 4) is 0 Å². The summed E-state index contributed by atoms with van der Waals surface area (Å²) in [6, 6.07) is -0.520. The number of aliphatic imine (C=N–C) groups is 1. The number of amides is 1. The Kier molecular flexibility index (Phi) is 9.67. The van der Waals surface area contributed by atoms with E-state index in [1.54, 1.807) is 4.90 Å². The summed E-state index contributed by atoms with van der Waals surface area (Å²) < 4.78 is 26.8. The van der Waals surface area contributed by atoms with Gasteiger partial charge in [0.15, 0.2) is 0 Å². The largest absolute Gasteiger partial charge is 0.369 e. The molecule has 152 valence electrons. The van der Waals surface area contributed by atoms with E-state index in [2.05, 4.69) is 9.71 Å². The van der Waals surface area contributed by atoms with E-state index in [1.807, 2.05) is 0 Å². The smallest absolute Gasteiger partial charge is 0.239 e. The first kappa shape index (κ1) is 23.0. The van der Waals surface area contributed by atoms with E-state index in [0.717, 1.165) is 45.2 Å². The highest BCUT2D eigenvalue weighted by Gasteiger charge is 2.27. The molecule has 0 aromatic carbocycles. The fraction of sp³-hybridized carbons (Fsp3) is 0.875. The van der Waals surface area contributed by atoms with E-state index in [9.17, 15) is 13.2 Å². The zero-order valence-electron chi connectivity index (χ0n) is 15.2. The van der Waals surface area contributed by atoms with Crippen LogP contribution in [0.5, 0.6) is 0 Å². The predicted octanol–water partition coefficient (Wildman–Crippen LogP) is 0.705. The topological polar surface area (TPSA) is 131 Å². The van der Waals surface area contributed by atoms with Crippen molar-refractivity contribution in [1.29, 1.82) is 0 Å². The molecule has 0 unspecified atom stereocenters. The molecule has 1 saturated carbocycles. The standard InChI is InChI=1S/C16H31N5O3S.ClH/c17-14(15(22)21-11-4-5-12-21)9-6-10-19-16(18)20-25(23,24)13-7-2-1-3-8-13;/h13-14H,1-12,17H2,(H3,18,19,20);1H/t14-;/m0./s1. The number of nitrogens with one attached hydrogen (secondary N) is 1. The van der Waals surface area contributed by atoms with Crippen LogP contribution in [0.2, 0.25) is 0 Å². The minimum Gasteiger partial charge on any atom is -0.369 e. The second-order valence-electron chi connectivity index (χ2n) is 6.96. The van der Waals surface area contributed by atoms with Gasteiger partial charge >= 0.3 is 0 Å². The summed E-state index contributed by atoms with van der Waals surface area (Å²) in [5.41, 5.74) is 11.6. The number of nitrogens with zero attached hydrogens (tertiary/aromatic N) is 2. The van der Waals surface area contributed by atoms with Crippen molar-refractivity contribution in [1.82, 2.24) is 9.62 Å². The molecule has 2 fully saturated rings. The lowest BCUT2D eigenvalue weighted by Gasteiger charge is -2.22. The van der Waals surface area contributed by atoms with Gasteiger partial charge in [0.05, 0.1) is 11.3 Å². The van der Waals surface area contributed by atoms with Gasteiger partial charge in [-0.2, -0.15) is 0 Å². The van der Waals surface area contributed by atoms with Gasteiger partial charge < -0.3 is 16.4 Å². The number of halogens is 1. The second kappa shape index (κ2) is 10.9. The lowest BCUT2D eigenvalue weighted by molar-refractivity contribution is -0.131. The first-order chi connectivity index (χ1) is 11.9. The summed E-state index contributed by atoms with van der Waals surface area (Å²) in [7, 11) is -3.45. The van der Waals surface area contributed by atoms with Gasteiger partial charge in [0, 0.05) is 19.6 Å². The third kappa shape index (κ3) is 6.92. The van der Waals surface area contributed by atoms with Crippen LogP contribution in [0.1, 0.15) is 57.8 Å². The van der Waals surface area contributed by atoms with Crippen molar-refractivity contribution in [3.05, 3.63) is 0 Å². The van der Waals surface area contributed by atoms with Gasteiger partial charge in [0.2, 0.25) is 21.9 Å². The van der Waals surface area contributed by atoms with Crippen LogP contribution in [0, 0.1) is 0 Å². The van der Waals surface area contributed by atoms with Gasteiger partial charge in [-0.15, -0.1) is 12.4 Å². The zero-order valence-corrected chi connectivity index (χ0v) is 16.9. The fourth-order valence-corrected chi connectivity index (χ4v) is 4.92. The normalized spacial score (nSPS) is 20.5. The highest BCUT2D eigenvalue weighted by atomic mass is 35.5. The molecule has 26 heavy (non-hydrogen) atoms. The fourth-order valence-electron chi connectivity index (χ4n) is 3.44. The number of hydrogen-bond acceptors (Lipinski definition) is 5. The lowest BCUT2D eigenvalue weighted by Crippen LogP contribution is -2.43. The maximum Gasteiger partial charge on any atom is 0.239 e. The highest BCUT2D eigenvalue weighted by molar-refractivity contribution is 7.90. The van der Waals surface area contributed by atoms with Crippen molar-refractivity contribution in [2.75, 3.05) is 19.6 Å². The lowest BCUT2D eigenvalue weighted by atomic mass is 10.0. The number of carbonyl (C=O) groups is 1. The molecule has 0 aromatic rings. The van der Waals surface area contributed by atoms with Crippen LogP contribution in [0.3, 0.4) is 0 Å². The van der Waals surface area contributed by atoms with Gasteiger partial charge in [0.1, 0.15) is 0 Å². The molecule has 1 amide bonds. The van der Waals surface area contributed by atoms with Crippen LogP contribution in [-0.2, 0) is 14.8 Å². The quantitative estimate of drug-likeness (QED) is 0.323. The Morgan fingerprint density at radius 3 is 2.38 bits per heavy atom. The van der Waals surface area contributed by atoms with Crippen LogP contribution in [0.25, 0.3) is 0 Å². The number of sulfonamides is 1. The SMILES string of the molecule is Cl.NC(=NCCC[C@H](N)C(=O)N1CCCC1)NS(=O)(=O)C1CCCCC1. The first-order valence-electron chi connectivity index (χ1n) is 9.26. The first-order valence-corrected chi connectivity index (χ1v) is 10.8. The molecule has 5 N–H and O–H groups in total. The van der Waals surface area contributed by atoms with Crippen LogP contribution < -0.4 is 16.2 Å². The third-order valence-electron chi connectivity index (χ3n) is 4.93. The number of likely N-dealkylation sites (tertiary alicyclic amines) is 1. The molecule has 1 aliphatic carbocycles. The van der Waals surface area contributed by atoms with Crippen molar-refractivity contribution in [2.24, 2.45) is 16.5 Å². The molecule has 2 aliphatic rings.